The van der Waals surface area contributed by atoms with Crippen LogP contribution in [0.4, 0.5) is 0 Å². The van der Waals surface area contributed by atoms with E-state index in [1.54, 1.807) is 0 Å². The van der Waals surface area contributed by atoms with Crippen LogP contribution < -0.4 is 0 Å². The van der Waals surface area contributed by atoms with Gasteiger partial charge in [0.2, 0.25) is 0 Å². The molecule has 0 aliphatic carbocycles. The van der Waals surface area contributed by atoms with Gasteiger partial charge in [0.25, 0.3) is 0 Å². The van der Waals surface area contributed by atoms with Crippen LogP contribution in [0.3, 0.4) is 0 Å². The van der Waals surface area contributed by atoms with E-state index in [0.29, 0.717) is 0 Å². The highest BCUT2D eigenvalue weighted by atomic mass is 15.1. The van der Waals surface area contributed by atoms with Crippen molar-refractivity contribution < 1.29 is 0 Å². The van der Waals surface area contributed by atoms with Crippen LogP contribution in [0.1, 0.15) is 19.8 Å². The van der Waals surface area contributed by atoms with E-state index < -0.39 is 0 Å². The summed E-state index contributed by atoms with van der Waals surface area (Å²) in [4.78, 5) is 6.12. The number of unbranched alkanes of at least 4 members (excludes halogenated alkanes) is 1. The van der Waals surface area contributed by atoms with Gasteiger partial charge in [-0.3, -0.25) is 4.99 Å². The van der Waals surface area contributed by atoms with Gasteiger partial charge in [0.15, 0.2) is 0 Å². The van der Waals surface area contributed by atoms with Gasteiger partial charge >= 0.3 is 0 Å². The molecule has 0 amide bonds. The second-order valence-corrected chi connectivity index (χ2v) is 2.34. The molecule has 2 heteroatoms. The van der Waals surface area contributed by atoms with E-state index in [1.807, 2.05) is 25.3 Å². The normalized spacial score (nSPS) is 10.6. The maximum Gasteiger partial charge on any atom is 0.0844 e. The second-order valence-electron chi connectivity index (χ2n) is 2.34. The maximum atomic E-state index is 4.16. The van der Waals surface area contributed by atoms with Crippen molar-refractivity contribution in [2.45, 2.75) is 19.8 Å². The van der Waals surface area contributed by atoms with Crippen molar-refractivity contribution in [2.24, 2.45) is 4.99 Å². The first-order valence-corrected chi connectivity index (χ1v) is 3.43. The zero-order valence-electron chi connectivity index (χ0n) is 6.59. The minimum Gasteiger partial charge on any atom is -0.369 e. The van der Waals surface area contributed by atoms with Gasteiger partial charge in [0.05, 0.1) is 6.34 Å². The molecule has 0 aromatic heterocycles. The molecule has 0 aliphatic rings. The third-order valence-corrected chi connectivity index (χ3v) is 0.953. The summed E-state index contributed by atoms with van der Waals surface area (Å²) in [5.74, 6) is 0. The average Bonchev–Trinajstić information content (AvgIpc) is 1.80. The molecule has 9 heavy (non-hydrogen) atoms. The Kier molecular flexibility index (Phi) is 5.27. The van der Waals surface area contributed by atoms with Crippen molar-refractivity contribution in [3.63, 3.8) is 0 Å². The molecule has 0 atom stereocenters. The van der Waals surface area contributed by atoms with Crippen molar-refractivity contribution in [2.75, 3.05) is 20.6 Å². The Hall–Kier alpha value is -0.530. The van der Waals surface area contributed by atoms with Crippen LogP contribution in [-0.4, -0.2) is 31.9 Å². The molecule has 0 heterocycles. The smallest absolute Gasteiger partial charge is 0.0844 e. The third kappa shape index (κ3) is 7.47. The SMILES string of the molecule is CCCCN=CN(C)C. The van der Waals surface area contributed by atoms with Gasteiger partial charge < -0.3 is 4.90 Å². The fourth-order valence-electron chi connectivity index (χ4n) is 0.470. The van der Waals surface area contributed by atoms with Gasteiger partial charge in [-0.05, 0) is 6.42 Å². The molecular formula is C7H16N2. The number of rotatable bonds is 4. The Morgan fingerprint density at radius 2 is 2.11 bits per heavy atom. The highest BCUT2D eigenvalue weighted by molar-refractivity contribution is 5.53. The molecule has 0 aliphatic heterocycles. The standard InChI is InChI=1S/C7H16N2/c1-4-5-6-8-7-9(2)3/h7H,4-6H2,1-3H3. The van der Waals surface area contributed by atoms with E-state index in [-0.39, 0.29) is 0 Å². The van der Waals surface area contributed by atoms with Gasteiger partial charge in [0, 0.05) is 20.6 Å². The summed E-state index contributed by atoms with van der Waals surface area (Å²) >= 11 is 0. The zero-order valence-corrected chi connectivity index (χ0v) is 6.59. The van der Waals surface area contributed by atoms with Crippen molar-refractivity contribution in [3.8, 4) is 0 Å². The largest absolute Gasteiger partial charge is 0.369 e. The topological polar surface area (TPSA) is 15.6 Å². The number of nitrogens with zero attached hydrogens (tertiary/aromatic N) is 2. The van der Waals surface area contributed by atoms with E-state index in [4.69, 9.17) is 0 Å². The van der Waals surface area contributed by atoms with Gasteiger partial charge in [-0.2, -0.15) is 0 Å². The van der Waals surface area contributed by atoms with Crippen molar-refractivity contribution in [3.05, 3.63) is 0 Å². The minimum atomic E-state index is 0.967. The molecule has 0 unspecified atom stereocenters. The van der Waals surface area contributed by atoms with Crippen molar-refractivity contribution in [1.82, 2.24) is 4.90 Å². The Balaban J connectivity index is 3.04. The molecule has 0 bridgehead atoms. The summed E-state index contributed by atoms with van der Waals surface area (Å²) in [6.07, 6.45) is 4.28. The van der Waals surface area contributed by atoms with Crippen LogP contribution in [-0.2, 0) is 0 Å². The molecule has 0 fully saturated rings. The number of hydrogen-bond donors (Lipinski definition) is 0. The van der Waals surface area contributed by atoms with Crippen molar-refractivity contribution in [1.29, 1.82) is 0 Å². The minimum absolute atomic E-state index is 0.967. The summed E-state index contributed by atoms with van der Waals surface area (Å²) in [7, 11) is 3.96. The monoisotopic (exact) mass is 128 g/mol. The van der Waals surface area contributed by atoms with Gasteiger partial charge in [0.1, 0.15) is 0 Å². The summed E-state index contributed by atoms with van der Waals surface area (Å²) in [5, 5.41) is 0. The van der Waals surface area contributed by atoms with Crippen LogP contribution in [0.25, 0.3) is 0 Å². The molecule has 0 saturated carbocycles. The van der Waals surface area contributed by atoms with E-state index in [9.17, 15) is 0 Å². The van der Waals surface area contributed by atoms with Crippen LogP contribution in [0, 0.1) is 0 Å². The number of hydrogen-bond acceptors (Lipinski definition) is 1. The lowest BCUT2D eigenvalue weighted by molar-refractivity contribution is 0.636. The Morgan fingerprint density at radius 1 is 1.44 bits per heavy atom. The summed E-state index contributed by atoms with van der Waals surface area (Å²) in [6.45, 7) is 3.14. The third-order valence-electron chi connectivity index (χ3n) is 0.953. The van der Waals surface area contributed by atoms with Gasteiger partial charge in [-0.15, -0.1) is 0 Å². The Bertz CT molecular complexity index is 77.0. The first-order valence-electron chi connectivity index (χ1n) is 3.43. The molecular weight excluding hydrogens is 112 g/mol. The van der Waals surface area contributed by atoms with Crippen LogP contribution >= 0.6 is 0 Å². The maximum absolute atomic E-state index is 4.16. The molecule has 0 radical (unpaired) electrons. The van der Waals surface area contributed by atoms with E-state index in [1.165, 1.54) is 12.8 Å². The van der Waals surface area contributed by atoms with Gasteiger partial charge in [-0.25, -0.2) is 0 Å². The highest BCUT2D eigenvalue weighted by Crippen LogP contribution is 1.85. The van der Waals surface area contributed by atoms with Crippen LogP contribution in [0.15, 0.2) is 4.99 Å². The van der Waals surface area contributed by atoms with Crippen LogP contribution in [0.5, 0.6) is 0 Å². The first kappa shape index (κ1) is 8.47. The molecule has 0 rings (SSSR count). The van der Waals surface area contributed by atoms with Crippen molar-refractivity contribution >= 4 is 6.34 Å². The summed E-state index contributed by atoms with van der Waals surface area (Å²) < 4.78 is 0. The van der Waals surface area contributed by atoms with E-state index in [2.05, 4.69) is 11.9 Å². The summed E-state index contributed by atoms with van der Waals surface area (Å²) in [5.41, 5.74) is 0. The lowest BCUT2D eigenvalue weighted by Crippen LogP contribution is -2.07. The molecule has 54 valence electrons. The molecule has 0 N–H and O–H groups in total. The predicted octanol–water partition coefficient (Wildman–Crippen LogP) is 1.38. The van der Waals surface area contributed by atoms with E-state index in [0.717, 1.165) is 6.54 Å². The Morgan fingerprint density at radius 3 is 2.56 bits per heavy atom. The lowest BCUT2D eigenvalue weighted by Gasteiger charge is -2.00. The fourth-order valence-corrected chi connectivity index (χ4v) is 0.470. The molecule has 0 spiro atoms. The first-order chi connectivity index (χ1) is 4.27. The lowest BCUT2D eigenvalue weighted by atomic mass is 10.3. The molecule has 0 aromatic rings. The summed E-state index contributed by atoms with van der Waals surface area (Å²) in [6, 6.07) is 0. The molecule has 2 nitrogen and oxygen atoms in total. The number of aliphatic imine (C=N–C) groups is 1. The molecule has 0 aromatic carbocycles. The highest BCUT2D eigenvalue weighted by Gasteiger charge is 1.78. The van der Waals surface area contributed by atoms with E-state index >= 15 is 0 Å². The average molecular weight is 128 g/mol. The Labute approximate surface area is 57.6 Å². The predicted molar refractivity (Wildman–Crippen MR) is 42.0 cm³/mol. The quantitative estimate of drug-likeness (QED) is 0.317. The fraction of sp³-hybridized carbons (Fsp3) is 0.857. The van der Waals surface area contributed by atoms with Gasteiger partial charge in [-0.1, -0.05) is 13.3 Å². The zero-order chi connectivity index (χ0) is 7.11. The molecule has 0 saturated heterocycles. The van der Waals surface area contributed by atoms with Crippen LogP contribution in [0.2, 0.25) is 0 Å². The second kappa shape index (κ2) is 5.60.